The van der Waals surface area contributed by atoms with Crippen molar-refractivity contribution >= 4 is 7.82 Å². The van der Waals surface area contributed by atoms with Gasteiger partial charge in [-0.1, -0.05) is 0 Å². The van der Waals surface area contributed by atoms with E-state index < -0.39 is 44.4 Å². The molecular formula is C6H11O9P-2. The molecule has 1 saturated carbocycles. The molecule has 1 rings (SSSR count). The lowest BCUT2D eigenvalue weighted by atomic mass is 9.85. The Kier molecular flexibility index (Phi) is 4.06. The molecular weight excluding hydrogens is 247 g/mol. The van der Waals surface area contributed by atoms with Crippen LogP contribution in [0, 0.1) is 0 Å². The van der Waals surface area contributed by atoms with E-state index >= 15 is 0 Å². The fourth-order valence-corrected chi connectivity index (χ4v) is 2.02. The highest BCUT2D eigenvalue weighted by atomic mass is 31.2. The van der Waals surface area contributed by atoms with E-state index in [9.17, 15) is 24.6 Å². The molecule has 96 valence electrons. The maximum atomic E-state index is 10.3. The summed E-state index contributed by atoms with van der Waals surface area (Å²) < 4.78 is 14.1. The molecule has 1 aliphatic carbocycles. The second kappa shape index (κ2) is 4.65. The molecule has 5 N–H and O–H groups in total. The largest absolute Gasteiger partial charge is 0.790 e. The van der Waals surface area contributed by atoms with E-state index in [2.05, 4.69) is 4.52 Å². The number of rotatable bonds is 2. The molecule has 0 radical (unpaired) electrons. The molecule has 16 heavy (non-hydrogen) atoms. The van der Waals surface area contributed by atoms with Crippen molar-refractivity contribution in [3.8, 4) is 0 Å². The summed E-state index contributed by atoms with van der Waals surface area (Å²) in [6.07, 6.45) is -11.8. The number of phosphoric acid groups is 1. The molecule has 0 aromatic carbocycles. The zero-order valence-electron chi connectivity index (χ0n) is 7.78. The molecule has 0 heterocycles. The smallest absolute Gasteiger partial charge is 0.120 e. The zero-order chi connectivity index (χ0) is 12.7. The van der Waals surface area contributed by atoms with E-state index in [1.165, 1.54) is 0 Å². The van der Waals surface area contributed by atoms with Crippen LogP contribution in [-0.4, -0.2) is 62.2 Å². The van der Waals surface area contributed by atoms with Crippen molar-refractivity contribution in [3.05, 3.63) is 0 Å². The predicted octanol–water partition coefficient (Wildman–Crippen LogP) is -4.98. The Morgan fingerprint density at radius 2 is 1.12 bits per heavy atom. The Morgan fingerprint density at radius 3 is 1.44 bits per heavy atom. The minimum Gasteiger partial charge on any atom is -0.790 e. The van der Waals surface area contributed by atoms with Crippen molar-refractivity contribution in [1.82, 2.24) is 0 Å². The summed E-state index contributed by atoms with van der Waals surface area (Å²) in [7, 11) is -5.51. The summed E-state index contributed by atoms with van der Waals surface area (Å²) in [6.45, 7) is 0. The first kappa shape index (κ1) is 14.0. The third-order valence-electron chi connectivity index (χ3n) is 2.32. The highest BCUT2D eigenvalue weighted by Gasteiger charge is 2.49. The molecule has 0 saturated heterocycles. The van der Waals surface area contributed by atoms with Crippen molar-refractivity contribution in [3.63, 3.8) is 0 Å². The van der Waals surface area contributed by atoms with Crippen molar-refractivity contribution in [2.45, 2.75) is 36.6 Å². The normalized spacial score (nSPS) is 45.7. The molecule has 6 atom stereocenters. The standard InChI is InChI=1S/C6H13O9P/c7-1-2(8)4(10)6(5(11)3(1)9)15-16(12,13)14/h1-11H,(H2,12,13,14)/p-2/t1?,2-,3+,4-,5-,6?/m1/s1. The van der Waals surface area contributed by atoms with Gasteiger partial charge in [0.1, 0.15) is 36.6 Å². The third-order valence-corrected chi connectivity index (χ3v) is 2.83. The first-order valence-electron chi connectivity index (χ1n) is 4.26. The van der Waals surface area contributed by atoms with Gasteiger partial charge in [0.15, 0.2) is 0 Å². The molecule has 0 aliphatic heterocycles. The van der Waals surface area contributed by atoms with Gasteiger partial charge in [0.05, 0.1) is 7.82 Å². The van der Waals surface area contributed by atoms with Crippen LogP contribution in [0.3, 0.4) is 0 Å². The Bertz CT molecular complexity index is 274. The topological polar surface area (TPSA) is 174 Å². The fourth-order valence-electron chi connectivity index (χ4n) is 1.47. The monoisotopic (exact) mass is 258 g/mol. The Balaban J connectivity index is 2.87. The van der Waals surface area contributed by atoms with Gasteiger partial charge in [0.25, 0.3) is 0 Å². The van der Waals surface area contributed by atoms with Gasteiger partial charge in [-0.15, -0.1) is 0 Å². The van der Waals surface area contributed by atoms with E-state index in [-0.39, 0.29) is 0 Å². The van der Waals surface area contributed by atoms with Crippen LogP contribution >= 0.6 is 7.82 Å². The molecule has 0 spiro atoms. The van der Waals surface area contributed by atoms with Crippen LogP contribution in [0.5, 0.6) is 0 Å². The summed E-state index contributed by atoms with van der Waals surface area (Å²) >= 11 is 0. The molecule has 10 heteroatoms. The van der Waals surface area contributed by atoms with Gasteiger partial charge in [-0.25, -0.2) is 0 Å². The quantitative estimate of drug-likeness (QED) is 0.304. The average molecular weight is 258 g/mol. The van der Waals surface area contributed by atoms with E-state index in [0.29, 0.717) is 0 Å². The van der Waals surface area contributed by atoms with Crippen LogP contribution in [0.4, 0.5) is 0 Å². The molecule has 2 unspecified atom stereocenters. The molecule has 1 aliphatic rings. The first-order chi connectivity index (χ1) is 7.15. The van der Waals surface area contributed by atoms with Gasteiger partial charge in [-0.05, 0) is 0 Å². The molecule has 0 aromatic rings. The number of phosphoric ester groups is 1. The molecule has 0 amide bonds. The minimum atomic E-state index is -5.51. The summed E-state index contributed by atoms with van der Waals surface area (Å²) in [5.41, 5.74) is 0. The SMILES string of the molecule is O=P([O-])([O-])OC1[C@H](O)[C@H](O)C(O)[C@H](O)[C@H]1O. The lowest BCUT2D eigenvalue weighted by Gasteiger charge is -2.45. The number of hydrogen-bond acceptors (Lipinski definition) is 9. The highest BCUT2D eigenvalue weighted by molar-refractivity contribution is 7.43. The number of hydrogen-bond donors (Lipinski definition) is 5. The van der Waals surface area contributed by atoms with Gasteiger partial charge in [0, 0.05) is 0 Å². The second-order valence-electron chi connectivity index (χ2n) is 3.47. The minimum absolute atomic E-state index is 1.87. The lowest BCUT2D eigenvalue weighted by Crippen LogP contribution is -2.64. The molecule has 9 nitrogen and oxygen atoms in total. The van der Waals surface area contributed by atoms with Crippen LogP contribution in [0.2, 0.25) is 0 Å². The Labute approximate surface area is 89.8 Å². The zero-order valence-corrected chi connectivity index (χ0v) is 8.67. The number of aliphatic hydroxyl groups excluding tert-OH is 5. The van der Waals surface area contributed by atoms with E-state index in [4.69, 9.17) is 15.3 Å². The summed E-state index contributed by atoms with van der Waals surface area (Å²) in [5, 5.41) is 45.9. The van der Waals surface area contributed by atoms with E-state index in [0.717, 1.165) is 0 Å². The Morgan fingerprint density at radius 1 is 0.812 bits per heavy atom. The van der Waals surface area contributed by atoms with Crippen molar-refractivity contribution < 1.29 is 44.4 Å². The molecule has 1 fully saturated rings. The van der Waals surface area contributed by atoms with E-state index in [1.807, 2.05) is 0 Å². The van der Waals surface area contributed by atoms with Crippen LogP contribution < -0.4 is 9.79 Å². The summed E-state index contributed by atoms with van der Waals surface area (Å²) in [4.78, 5) is 20.6. The van der Waals surface area contributed by atoms with Gasteiger partial charge in [0.2, 0.25) is 0 Å². The second-order valence-corrected chi connectivity index (χ2v) is 4.58. The van der Waals surface area contributed by atoms with Crippen LogP contribution in [0.15, 0.2) is 0 Å². The van der Waals surface area contributed by atoms with Crippen molar-refractivity contribution in [2.75, 3.05) is 0 Å². The van der Waals surface area contributed by atoms with Crippen molar-refractivity contribution in [2.24, 2.45) is 0 Å². The Hall–Kier alpha value is -0.0900. The van der Waals surface area contributed by atoms with Crippen molar-refractivity contribution in [1.29, 1.82) is 0 Å². The number of aliphatic hydroxyl groups is 5. The average Bonchev–Trinajstić information content (AvgIpc) is 2.17. The maximum absolute atomic E-state index is 10.3. The summed E-state index contributed by atoms with van der Waals surface area (Å²) in [6, 6.07) is 0. The van der Waals surface area contributed by atoms with Gasteiger partial charge >= 0.3 is 0 Å². The third kappa shape index (κ3) is 2.77. The van der Waals surface area contributed by atoms with Crippen LogP contribution in [0.1, 0.15) is 0 Å². The maximum Gasteiger partial charge on any atom is 0.120 e. The van der Waals surface area contributed by atoms with Gasteiger partial charge in [-0.2, -0.15) is 0 Å². The van der Waals surface area contributed by atoms with Crippen LogP contribution in [0.25, 0.3) is 0 Å². The molecule has 0 aromatic heterocycles. The molecule has 0 bridgehead atoms. The van der Waals surface area contributed by atoms with E-state index in [1.54, 1.807) is 0 Å². The lowest BCUT2D eigenvalue weighted by molar-refractivity contribution is -0.353. The highest BCUT2D eigenvalue weighted by Crippen LogP contribution is 2.34. The predicted molar refractivity (Wildman–Crippen MR) is 42.5 cm³/mol. The van der Waals surface area contributed by atoms with Crippen LogP contribution in [-0.2, 0) is 9.09 Å². The van der Waals surface area contributed by atoms with Gasteiger partial charge in [-0.3, -0.25) is 0 Å². The fraction of sp³-hybridized carbons (Fsp3) is 1.00. The van der Waals surface area contributed by atoms with Gasteiger partial charge < -0.3 is 44.4 Å². The summed E-state index contributed by atoms with van der Waals surface area (Å²) in [5.74, 6) is 0. The first-order valence-corrected chi connectivity index (χ1v) is 5.72.